The molecule has 0 saturated carbocycles. The second kappa shape index (κ2) is 12.7. The van der Waals surface area contributed by atoms with Crippen molar-refractivity contribution in [2.75, 3.05) is 11.9 Å². The standard InChI is InChI=1S/C21H22Br2N4O8S/c1-10(28)32-9-17-19(33-11(2)29)18(27-8-15(25-26-27)16(31)5-22)20(34-12(3)30)21(35-17)36-14-4-13(23)6-24-7-14/h4,6-8,17-21H,5,9H2,1-3H3/t17-,18+,19+,20-,21-/m1/s1. The molecule has 5 atom stereocenters. The van der Waals surface area contributed by atoms with Gasteiger partial charge in [0.2, 0.25) is 0 Å². The van der Waals surface area contributed by atoms with Crippen LogP contribution in [0.5, 0.6) is 0 Å². The molecule has 0 aromatic carbocycles. The van der Waals surface area contributed by atoms with E-state index < -0.39 is 47.7 Å². The van der Waals surface area contributed by atoms with Gasteiger partial charge in [-0.25, -0.2) is 4.68 Å². The lowest BCUT2D eigenvalue weighted by Crippen LogP contribution is -2.57. The van der Waals surface area contributed by atoms with Gasteiger partial charge >= 0.3 is 17.9 Å². The van der Waals surface area contributed by atoms with E-state index in [-0.39, 0.29) is 23.4 Å². The molecule has 0 bridgehead atoms. The quantitative estimate of drug-likeness (QED) is 0.170. The molecular weight excluding hydrogens is 628 g/mol. The number of alkyl halides is 1. The van der Waals surface area contributed by atoms with Gasteiger partial charge in [-0.15, -0.1) is 5.10 Å². The largest absolute Gasteiger partial charge is 0.463 e. The van der Waals surface area contributed by atoms with E-state index in [0.717, 1.165) is 0 Å². The minimum Gasteiger partial charge on any atom is -0.463 e. The summed E-state index contributed by atoms with van der Waals surface area (Å²) in [7, 11) is 0. The highest BCUT2D eigenvalue weighted by atomic mass is 79.9. The van der Waals surface area contributed by atoms with Gasteiger partial charge in [-0.2, -0.15) is 0 Å². The number of nitrogens with zero attached hydrogens (tertiary/aromatic N) is 4. The van der Waals surface area contributed by atoms with Crippen molar-refractivity contribution in [1.29, 1.82) is 0 Å². The monoisotopic (exact) mass is 648 g/mol. The number of aromatic nitrogens is 4. The lowest BCUT2D eigenvalue weighted by atomic mass is 9.96. The van der Waals surface area contributed by atoms with Crippen LogP contribution >= 0.6 is 43.6 Å². The Balaban J connectivity index is 2.10. The smallest absolute Gasteiger partial charge is 0.303 e. The third kappa shape index (κ3) is 7.33. The second-order valence-corrected chi connectivity index (χ2v) is 10.2. The van der Waals surface area contributed by atoms with Crippen LogP contribution in [0.15, 0.2) is 34.0 Å². The zero-order valence-corrected chi connectivity index (χ0v) is 23.3. The summed E-state index contributed by atoms with van der Waals surface area (Å²) in [5.74, 6) is -2.17. The van der Waals surface area contributed by atoms with E-state index >= 15 is 0 Å². The number of ether oxygens (including phenoxy) is 4. The number of thioether (sulfide) groups is 1. The van der Waals surface area contributed by atoms with Crippen LogP contribution in [0.4, 0.5) is 0 Å². The first-order valence-corrected chi connectivity index (χ1v) is 13.3. The van der Waals surface area contributed by atoms with Crippen LogP contribution in [-0.4, -0.2) is 79.4 Å². The van der Waals surface area contributed by atoms with Gasteiger partial charge in [0.25, 0.3) is 0 Å². The predicted octanol–water partition coefficient (Wildman–Crippen LogP) is 2.50. The van der Waals surface area contributed by atoms with Crippen LogP contribution in [0.3, 0.4) is 0 Å². The van der Waals surface area contributed by atoms with Crippen LogP contribution in [0.25, 0.3) is 0 Å². The third-order valence-electron chi connectivity index (χ3n) is 4.83. The number of Topliss-reactive ketones (excluding diaryl/α,β-unsaturated/α-hetero) is 1. The number of pyridine rings is 1. The van der Waals surface area contributed by atoms with E-state index in [2.05, 4.69) is 47.2 Å². The maximum absolute atomic E-state index is 12.2. The number of carbonyl (C=O) groups is 4. The number of hydrogen-bond acceptors (Lipinski definition) is 12. The highest BCUT2D eigenvalue weighted by Gasteiger charge is 2.52. The van der Waals surface area contributed by atoms with Crippen molar-refractivity contribution in [3.8, 4) is 0 Å². The first kappa shape index (κ1) is 28.2. The number of carbonyl (C=O) groups excluding carboxylic acids is 4. The lowest BCUT2D eigenvalue weighted by Gasteiger charge is -2.44. The molecule has 0 amide bonds. The van der Waals surface area contributed by atoms with Crippen molar-refractivity contribution in [2.45, 2.75) is 55.5 Å². The highest BCUT2D eigenvalue weighted by Crippen LogP contribution is 2.41. The molecule has 0 unspecified atom stereocenters. The zero-order chi connectivity index (χ0) is 26.4. The van der Waals surface area contributed by atoms with E-state index in [0.29, 0.717) is 9.37 Å². The lowest BCUT2D eigenvalue weighted by molar-refractivity contribution is -0.212. The molecule has 1 aliphatic rings. The molecule has 12 nitrogen and oxygen atoms in total. The summed E-state index contributed by atoms with van der Waals surface area (Å²) in [6.07, 6.45) is 1.44. The topological polar surface area (TPSA) is 149 Å². The van der Waals surface area contributed by atoms with E-state index in [1.807, 2.05) is 0 Å². The average molecular weight is 650 g/mol. The SMILES string of the molecule is CC(=O)OC[C@H]1O[C@H](Sc2cncc(Br)c2)[C@H](OC(C)=O)[C@@H](n2cc(C(=O)CBr)nn2)[C@H]1OC(C)=O. The summed E-state index contributed by atoms with van der Waals surface area (Å²) in [4.78, 5) is 52.7. The average Bonchev–Trinajstić information content (AvgIpc) is 3.28. The van der Waals surface area contributed by atoms with E-state index in [1.165, 1.54) is 43.4 Å². The molecule has 3 rings (SSSR count). The fourth-order valence-corrected chi connectivity index (χ4v) is 5.43. The molecule has 0 N–H and O–H groups in total. The maximum atomic E-state index is 12.2. The summed E-state index contributed by atoms with van der Waals surface area (Å²) in [6.45, 7) is 3.41. The Morgan fingerprint density at radius 3 is 2.39 bits per heavy atom. The second-order valence-electron chi connectivity index (χ2n) is 7.58. The zero-order valence-electron chi connectivity index (χ0n) is 19.3. The fraction of sp³-hybridized carbons (Fsp3) is 0.476. The molecule has 2 aromatic rings. The molecule has 0 aliphatic carbocycles. The summed E-state index contributed by atoms with van der Waals surface area (Å²) < 4.78 is 24.6. The third-order valence-corrected chi connectivity index (χ3v) is 6.88. The Morgan fingerprint density at radius 2 is 1.78 bits per heavy atom. The molecule has 0 spiro atoms. The van der Waals surface area contributed by atoms with Gasteiger partial charge < -0.3 is 18.9 Å². The Morgan fingerprint density at radius 1 is 1.08 bits per heavy atom. The number of hydrogen-bond donors (Lipinski definition) is 0. The van der Waals surface area contributed by atoms with Crippen molar-refractivity contribution < 1.29 is 38.1 Å². The number of ketones is 1. The molecule has 1 fully saturated rings. The molecule has 15 heteroatoms. The normalized spacial score (nSPS) is 23.5. The fourth-order valence-electron chi connectivity index (χ4n) is 3.49. The van der Waals surface area contributed by atoms with Crippen molar-refractivity contribution in [1.82, 2.24) is 20.0 Å². The summed E-state index contributed by atoms with van der Waals surface area (Å²) in [5, 5.41) is 7.99. The Kier molecular flexibility index (Phi) is 9.99. The Labute approximate surface area is 227 Å². The molecule has 3 heterocycles. The van der Waals surface area contributed by atoms with E-state index in [1.54, 1.807) is 18.5 Å². The van der Waals surface area contributed by atoms with Gasteiger partial charge in [0.1, 0.15) is 29.9 Å². The number of halogens is 2. The van der Waals surface area contributed by atoms with Crippen LogP contribution in [-0.2, 0) is 33.3 Å². The van der Waals surface area contributed by atoms with Gasteiger partial charge in [0, 0.05) is 42.5 Å². The van der Waals surface area contributed by atoms with E-state index in [4.69, 9.17) is 18.9 Å². The van der Waals surface area contributed by atoms with Crippen LogP contribution < -0.4 is 0 Å². The van der Waals surface area contributed by atoms with E-state index in [9.17, 15) is 19.2 Å². The Hall–Kier alpha value is -2.36. The molecule has 1 aliphatic heterocycles. The van der Waals surface area contributed by atoms with Gasteiger partial charge in [0.05, 0.1) is 11.5 Å². The summed E-state index contributed by atoms with van der Waals surface area (Å²) in [6, 6.07) is 0.816. The molecule has 194 valence electrons. The molecule has 1 saturated heterocycles. The molecule has 0 radical (unpaired) electrons. The van der Waals surface area contributed by atoms with Gasteiger partial charge in [-0.3, -0.25) is 24.2 Å². The first-order valence-electron chi connectivity index (χ1n) is 10.5. The van der Waals surface area contributed by atoms with Crippen molar-refractivity contribution in [3.63, 3.8) is 0 Å². The van der Waals surface area contributed by atoms with Crippen molar-refractivity contribution in [2.24, 2.45) is 0 Å². The predicted molar refractivity (Wildman–Crippen MR) is 131 cm³/mol. The summed E-state index contributed by atoms with van der Waals surface area (Å²) >= 11 is 7.66. The van der Waals surface area contributed by atoms with Gasteiger partial charge in [-0.1, -0.05) is 32.9 Å². The van der Waals surface area contributed by atoms with Gasteiger partial charge in [-0.05, 0) is 22.0 Å². The number of rotatable bonds is 9. The van der Waals surface area contributed by atoms with Crippen LogP contribution in [0.2, 0.25) is 0 Å². The van der Waals surface area contributed by atoms with Crippen molar-refractivity contribution in [3.05, 3.63) is 34.8 Å². The minimum absolute atomic E-state index is 0.0175. The minimum atomic E-state index is -1.11. The summed E-state index contributed by atoms with van der Waals surface area (Å²) in [5.41, 5.74) is -0.819. The van der Waals surface area contributed by atoms with Crippen LogP contribution in [0.1, 0.15) is 37.3 Å². The number of esters is 3. The molecular formula is C21H22Br2N4O8S. The first-order chi connectivity index (χ1) is 17.1. The highest BCUT2D eigenvalue weighted by molar-refractivity contribution is 9.10. The maximum Gasteiger partial charge on any atom is 0.303 e. The molecule has 36 heavy (non-hydrogen) atoms. The van der Waals surface area contributed by atoms with Crippen LogP contribution in [0, 0.1) is 0 Å². The molecule has 2 aromatic heterocycles. The van der Waals surface area contributed by atoms with Crippen molar-refractivity contribution >= 4 is 67.3 Å². The van der Waals surface area contributed by atoms with Gasteiger partial charge in [0.15, 0.2) is 18.0 Å². The Bertz CT molecular complexity index is 1130.